The summed E-state index contributed by atoms with van der Waals surface area (Å²) in [4.78, 5) is 44.8. The fourth-order valence-electron chi connectivity index (χ4n) is 5.52. The minimum atomic E-state index is -3.98. The van der Waals surface area contributed by atoms with E-state index in [0.29, 0.717) is 78.2 Å². The molecule has 0 saturated carbocycles. The van der Waals surface area contributed by atoms with E-state index in [2.05, 4.69) is 4.90 Å². The summed E-state index contributed by atoms with van der Waals surface area (Å²) < 4.78 is 55.6. The van der Waals surface area contributed by atoms with E-state index in [9.17, 15) is 28.4 Å². The number of unbranched alkanes of at least 4 members (excludes halogenated alkanes) is 3. The highest BCUT2D eigenvalue weighted by Gasteiger charge is 2.30. The predicted octanol–water partition coefficient (Wildman–Crippen LogP) is 5.84. The fourth-order valence-corrected chi connectivity index (χ4v) is 9.37. The maximum atomic E-state index is 13.1. The van der Waals surface area contributed by atoms with Crippen molar-refractivity contribution in [3.8, 4) is 0 Å². The molecule has 1 fully saturated rings. The van der Waals surface area contributed by atoms with Gasteiger partial charge in [-0.3, -0.25) is 38.3 Å². The van der Waals surface area contributed by atoms with E-state index in [-0.39, 0.29) is 38.7 Å². The molecule has 50 heavy (non-hydrogen) atoms. The van der Waals surface area contributed by atoms with Gasteiger partial charge in [-0.2, -0.15) is 0 Å². The molecule has 1 saturated heterocycles. The molecular formula is C33H60N5O9P3. The Morgan fingerprint density at radius 1 is 0.580 bits per heavy atom. The van der Waals surface area contributed by atoms with Gasteiger partial charge in [0, 0.05) is 64.3 Å². The van der Waals surface area contributed by atoms with Gasteiger partial charge < -0.3 is 28.3 Å². The third kappa shape index (κ3) is 17.2. The van der Waals surface area contributed by atoms with Gasteiger partial charge in [0.2, 0.25) is 0 Å². The van der Waals surface area contributed by atoms with Gasteiger partial charge in [-0.1, -0.05) is 64.3 Å². The largest absolute Gasteiger partial charge is 0.341 e. The third-order valence-corrected chi connectivity index (χ3v) is 12.5. The SMILES string of the molecule is CCCCOP(=O)(O)CN1CCN(Cc2ccc3ccccc3n2)CCN(CP(=O)(O)OCCCC)CCN(CP(=O)(O)OCCCC)CC1. The van der Waals surface area contributed by atoms with Crippen molar-refractivity contribution in [1.82, 2.24) is 24.6 Å². The normalized spacial score (nSPS) is 20.4. The molecular weight excluding hydrogens is 703 g/mol. The Morgan fingerprint density at radius 3 is 1.36 bits per heavy atom. The quantitative estimate of drug-likeness (QED) is 0.109. The second kappa shape index (κ2) is 22.2. The molecule has 2 heterocycles. The average Bonchev–Trinajstić information content (AvgIpc) is 3.05. The second-order valence-electron chi connectivity index (χ2n) is 13.0. The molecule has 3 atom stereocenters. The van der Waals surface area contributed by atoms with Crippen LogP contribution in [0.1, 0.15) is 65.0 Å². The van der Waals surface area contributed by atoms with Crippen molar-refractivity contribution >= 4 is 33.7 Å². The molecule has 0 bridgehead atoms. The molecule has 17 heteroatoms. The van der Waals surface area contributed by atoms with E-state index in [4.69, 9.17) is 18.6 Å². The Bertz CT molecular complexity index is 1380. The van der Waals surface area contributed by atoms with Crippen LogP contribution in [0.2, 0.25) is 0 Å². The Balaban J connectivity index is 1.86. The van der Waals surface area contributed by atoms with Crippen LogP contribution in [0.15, 0.2) is 36.4 Å². The molecule has 286 valence electrons. The molecule has 0 aliphatic carbocycles. The highest BCUT2D eigenvalue weighted by molar-refractivity contribution is 7.53. The zero-order chi connectivity index (χ0) is 36.5. The molecule has 3 rings (SSSR count). The predicted molar refractivity (Wildman–Crippen MR) is 198 cm³/mol. The van der Waals surface area contributed by atoms with E-state index in [1.165, 1.54) is 0 Å². The van der Waals surface area contributed by atoms with Gasteiger partial charge in [-0.25, -0.2) is 0 Å². The molecule has 14 nitrogen and oxygen atoms in total. The zero-order valence-electron chi connectivity index (χ0n) is 30.2. The number of aromatic nitrogens is 1. The smallest absolute Gasteiger partial charge is 0.323 e. The van der Waals surface area contributed by atoms with E-state index in [1.807, 2.05) is 67.0 Å². The topological polar surface area (TPSA) is 165 Å². The van der Waals surface area contributed by atoms with Crippen LogP contribution >= 0.6 is 22.8 Å². The van der Waals surface area contributed by atoms with Crippen molar-refractivity contribution in [3.63, 3.8) is 0 Å². The van der Waals surface area contributed by atoms with Crippen LogP contribution in [0.4, 0.5) is 0 Å². The first-order valence-corrected chi connectivity index (χ1v) is 23.3. The van der Waals surface area contributed by atoms with Gasteiger partial charge in [0.15, 0.2) is 0 Å². The van der Waals surface area contributed by atoms with Crippen LogP contribution in [0.5, 0.6) is 0 Å². The van der Waals surface area contributed by atoms with E-state index in [1.54, 1.807) is 4.90 Å². The Hall–Kier alpha value is -1.08. The first-order valence-electron chi connectivity index (χ1n) is 18.0. The monoisotopic (exact) mass is 763 g/mol. The molecule has 1 aromatic heterocycles. The molecule has 2 aromatic rings. The zero-order valence-corrected chi connectivity index (χ0v) is 32.9. The van der Waals surface area contributed by atoms with Crippen molar-refractivity contribution in [3.05, 3.63) is 42.1 Å². The van der Waals surface area contributed by atoms with Crippen molar-refractivity contribution in [2.75, 3.05) is 91.0 Å². The maximum absolute atomic E-state index is 13.1. The van der Waals surface area contributed by atoms with Gasteiger partial charge in [0.1, 0.15) is 18.9 Å². The Morgan fingerprint density at radius 2 is 0.960 bits per heavy atom. The lowest BCUT2D eigenvalue weighted by molar-refractivity contribution is 0.135. The Kier molecular flexibility index (Phi) is 19.2. The summed E-state index contributed by atoms with van der Waals surface area (Å²) >= 11 is 0. The summed E-state index contributed by atoms with van der Waals surface area (Å²) in [6, 6.07) is 11.9. The highest BCUT2D eigenvalue weighted by Crippen LogP contribution is 2.45. The number of hydrogen-bond donors (Lipinski definition) is 3. The molecule has 1 aliphatic rings. The summed E-state index contributed by atoms with van der Waals surface area (Å²) in [5.41, 5.74) is 1.76. The fraction of sp³-hybridized carbons (Fsp3) is 0.727. The molecule has 0 amide bonds. The number of para-hydroxylation sites is 1. The van der Waals surface area contributed by atoms with Crippen LogP contribution in [-0.2, 0) is 33.8 Å². The van der Waals surface area contributed by atoms with Crippen molar-refractivity contribution < 1.29 is 41.9 Å². The molecule has 1 aromatic carbocycles. The molecule has 0 spiro atoms. The lowest BCUT2D eigenvalue weighted by Gasteiger charge is -2.35. The lowest BCUT2D eigenvalue weighted by atomic mass is 10.2. The van der Waals surface area contributed by atoms with Gasteiger partial charge >= 0.3 is 22.8 Å². The van der Waals surface area contributed by atoms with Gasteiger partial charge in [-0.05, 0) is 31.4 Å². The first kappa shape index (κ1) is 43.3. The number of hydrogen-bond acceptors (Lipinski definition) is 11. The van der Waals surface area contributed by atoms with Gasteiger partial charge in [0.05, 0.1) is 31.0 Å². The van der Waals surface area contributed by atoms with Crippen molar-refractivity contribution in [1.29, 1.82) is 0 Å². The Labute approximate surface area is 298 Å². The summed E-state index contributed by atoms with van der Waals surface area (Å²) in [5.74, 6) is 0. The number of rotatable bonds is 20. The first-order chi connectivity index (χ1) is 23.8. The number of pyridine rings is 1. The molecule has 0 radical (unpaired) electrons. The molecule has 3 unspecified atom stereocenters. The summed E-state index contributed by atoms with van der Waals surface area (Å²) in [5, 5.41) is 1.04. The van der Waals surface area contributed by atoms with Crippen LogP contribution in [0.3, 0.4) is 0 Å². The van der Waals surface area contributed by atoms with Crippen molar-refractivity contribution in [2.45, 2.75) is 65.8 Å². The summed E-state index contributed by atoms with van der Waals surface area (Å²) in [6.45, 7) is 10.2. The van der Waals surface area contributed by atoms with Crippen LogP contribution < -0.4 is 0 Å². The number of benzene rings is 1. The van der Waals surface area contributed by atoms with E-state index >= 15 is 0 Å². The van der Waals surface area contributed by atoms with Crippen LogP contribution in [0, 0.1) is 0 Å². The van der Waals surface area contributed by atoms with Gasteiger partial charge in [-0.15, -0.1) is 0 Å². The molecule has 3 N–H and O–H groups in total. The average molecular weight is 764 g/mol. The standard InChI is InChI=1S/C33H60N5O9P3/c1-4-7-24-45-48(39,40)28-36-18-16-35(27-32-15-14-31-12-10-11-13-33(31)34-32)17-19-37(29-49(41,42)46-25-8-5-2)21-23-38(22-20-36)30-50(43,44)47-26-9-6-3/h10-15H,4-9,16-30H2,1-3H3,(H,39,40)(H,41,42)(H,43,44). The minimum Gasteiger partial charge on any atom is -0.323 e. The van der Waals surface area contributed by atoms with Gasteiger partial charge in [0.25, 0.3) is 0 Å². The maximum Gasteiger partial charge on any atom is 0.341 e. The van der Waals surface area contributed by atoms with Crippen LogP contribution in [0.25, 0.3) is 10.9 Å². The lowest BCUT2D eigenvalue weighted by Crippen LogP contribution is -2.46. The summed E-state index contributed by atoms with van der Waals surface area (Å²) in [7, 11) is -11.9. The third-order valence-electron chi connectivity index (χ3n) is 8.48. The second-order valence-corrected chi connectivity index (χ2v) is 18.5. The van der Waals surface area contributed by atoms with E-state index in [0.717, 1.165) is 35.9 Å². The van der Waals surface area contributed by atoms with Crippen molar-refractivity contribution in [2.24, 2.45) is 0 Å². The van der Waals surface area contributed by atoms with Crippen LogP contribution in [-0.4, -0.2) is 130 Å². The van der Waals surface area contributed by atoms with E-state index < -0.39 is 22.8 Å². The molecule has 1 aliphatic heterocycles. The number of nitrogens with zero attached hydrogens (tertiary/aromatic N) is 5. The summed E-state index contributed by atoms with van der Waals surface area (Å²) in [6.07, 6.45) is 3.93. The highest BCUT2D eigenvalue weighted by atomic mass is 31.2. The number of fused-ring (bicyclic) bond motifs is 1. The minimum absolute atomic E-state index is 0.170.